The third kappa shape index (κ3) is 1.63. The molecule has 0 spiro atoms. The Morgan fingerprint density at radius 3 is 2.75 bits per heavy atom. The Morgan fingerprint density at radius 2 is 2.19 bits per heavy atom. The highest BCUT2D eigenvalue weighted by atomic mass is 16.4. The minimum Gasteiger partial charge on any atom is -0.507 e. The Labute approximate surface area is 91.6 Å². The molecule has 0 unspecified atom stereocenters. The molecule has 0 saturated carbocycles. The van der Waals surface area contributed by atoms with Crippen molar-refractivity contribution >= 4 is 5.97 Å². The largest absolute Gasteiger partial charge is 0.507 e. The van der Waals surface area contributed by atoms with E-state index in [9.17, 15) is 9.90 Å². The van der Waals surface area contributed by atoms with E-state index < -0.39 is 5.97 Å². The molecule has 2 rings (SSSR count). The van der Waals surface area contributed by atoms with Crippen molar-refractivity contribution in [1.82, 2.24) is 9.55 Å². The van der Waals surface area contributed by atoms with Gasteiger partial charge in [0.15, 0.2) is 0 Å². The molecule has 0 aliphatic rings. The molecule has 0 aliphatic heterocycles. The average molecular weight is 218 g/mol. The zero-order valence-corrected chi connectivity index (χ0v) is 8.58. The number of aromatic nitrogens is 2. The molecule has 0 atom stereocenters. The summed E-state index contributed by atoms with van der Waals surface area (Å²) in [6.45, 7) is 0. The molecule has 0 amide bonds. The van der Waals surface area contributed by atoms with Gasteiger partial charge in [0.05, 0.1) is 0 Å². The fourth-order valence-electron chi connectivity index (χ4n) is 1.49. The summed E-state index contributed by atoms with van der Waals surface area (Å²) in [4.78, 5) is 14.9. The summed E-state index contributed by atoms with van der Waals surface area (Å²) in [6, 6.07) is 4.39. The van der Waals surface area contributed by atoms with Gasteiger partial charge in [-0.1, -0.05) is 0 Å². The average Bonchev–Trinajstić information content (AvgIpc) is 2.65. The van der Waals surface area contributed by atoms with Crippen LogP contribution < -0.4 is 0 Å². The molecule has 0 fully saturated rings. The number of benzene rings is 1. The van der Waals surface area contributed by atoms with Crippen molar-refractivity contribution < 1.29 is 15.0 Å². The molecule has 0 aliphatic carbocycles. The summed E-state index contributed by atoms with van der Waals surface area (Å²) in [7, 11) is 1.82. The summed E-state index contributed by atoms with van der Waals surface area (Å²) < 4.78 is 1.78. The van der Waals surface area contributed by atoms with Crippen LogP contribution in [0.1, 0.15) is 10.4 Å². The van der Waals surface area contributed by atoms with E-state index in [0.717, 1.165) is 0 Å². The maximum Gasteiger partial charge on any atom is 0.339 e. The number of aryl methyl sites for hydroxylation is 1. The molecule has 1 aromatic carbocycles. The predicted octanol–water partition coefficient (Wildman–Crippen LogP) is 1.49. The minimum absolute atomic E-state index is 0.125. The number of rotatable bonds is 2. The third-order valence-electron chi connectivity index (χ3n) is 2.31. The fourth-order valence-corrected chi connectivity index (χ4v) is 1.49. The molecular formula is C11H10N2O3. The van der Waals surface area contributed by atoms with Crippen molar-refractivity contribution in [2.24, 2.45) is 7.05 Å². The van der Waals surface area contributed by atoms with E-state index in [2.05, 4.69) is 4.98 Å². The van der Waals surface area contributed by atoms with Crippen LogP contribution in [0.5, 0.6) is 5.75 Å². The van der Waals surface area contributed by atoms with Gasteiger partial charge < -0.3 is 14.8 Å². The summed E-state index contributed by atoms with van der Waals surface area (Å²) in [5.74, 6) is -0.749. The minimum atomic E-state index is -1.16. The number of aromatic carboxylic acids is 1. The molecule has 2 aromatic rings. The van der Waals surface area contributed by atoms with Gasteiger partial charge in [-0.15, -0.1) is 0 Å². The second-order valence-electron chi connectivity index (χ2n) is 3.40. The molecule has 0 bridgehead atoms. The van der Waals surface area contributed by atoms with Crippen LogP contribution in [-0.2, 0) is 7.05 Å². The van der Waals surface area contributed by atoms with Gasteiger partial charge in [0, 0.05) is 25.0 Å². The highest BCUT2D eigenvalue weighted by molar-refractivity contribution is 5.92. The first-order chi connectivity index (χ1) is 7.59. The SMILES string of the molecule is Cn1ccnc1-c1ccc(O)c(C(=O)O)c1. The third-order valence-corrected chi connectivity index (χ3v) is 2.31. The number of carboxylic acids is 1. The van der Waals surface area contributed by atoms with Crippen LogP contribution in [0.15, 0.2) is 30.6 Å². The number of hydrogen-bond acceptors (Lipinski definition) is 3. The van der Waals surface area contributed by atoms with Crippen LogP contribution in [0, 0.1) is 0 Å². The first kappa shape index (κ1) is 10.2. The molecule has 2 N–H and O–H groups in total. The number of carbonyl (C=O) groups is 1. The van der Waals surface area contributed by atoms with Crippen LogP contribution in [0.3, 0.4) is 0 Å². The maximum absolute atomic E-state index is 10.8. The van der Waals surface area contributed by atoms with Crippen LogP contribution in [0.4, 0.5) is 0 Å². The lowest BCUT2D eigenvalue weighted by Crippen LogP contribution is -1.98. The Bertz CT molecular complexity index is 546. The molecule has 5 heteroatoms. The summed E-state index contributed by atoms with van der Waals surface area (Å²) in [5, 5.41) is 18.2. The number of aromatic hydroxyl groups is 1. The van der Waals surface area contributed by atoms with Crippen LogP contribution in [0.2, 0.25) is 0 Å². The summed E-state index contributed by atoms with van der Waals surface area (Å²) in [6.07, 6.45) is 3.39. The van der Waals surface area contributed by atoms with Crippen LogP contribution in [-0.4, -0.2) is 25.7 Å². The van der Waals surface area contributed by atoms with E-state index in [1.54, 1.807) is 23.0 Å². The number of imidazole rings is 1. The predicted molar refractivity (Wildman–Crippen MR) is 57.3 cm³/mol. The molecule has 1 heterocycles. The van der Waals surface area contributed by atoms with Gasteiger partial charge in [-0.3, -0.25) is 0 Å². The van der Waals surface area contributed by atoms with Gasteiger partial charge in [0.25, 0.3) is 0 Å². The highest BCUT2D eigenvalue weighted by Crippen LogP contribution is 2.24. The van der Waals surface area contributed by atoms with E-state index in [1.807, 2.05) is 7.05 Å². The molecular weight excluding hydrogens is 208 g/mol. The lowest BCUT2D eigenvalue weighted by Gasteiger charge is -2.04. The van der Waals surface area contributed by atoms with Gasteiger partial charge in [-0.25, -0.2) is 9.78 Å². The first-order valence-electron chi connectivity index (χ1n) is 4.63. The Morgan fingerprint density at radius 1 is 1.44 bits per heavy atom. The van der Waals surface area contributed by atoms with E-state index in [4.69, 9.17) is 5.11 Å². The van der Waals surface area contributed by atoms with E-state index in [-0.39, 0.29) is 11.3 Å². The van der Waals surface area contributed by atoms with Crippen molar-refractivity contribution in [3.8, 4) is 17.1 Å². The number of phenols is 1. The van der Waals surface area contributed by atoms with Crippen molar-refractivity contribution in [2.75, 3.05) is 0 Å². The van der Waals surface area contributed by atoms with Gasteiger partial charge in [0.1, 0.15) is 17.1 Å². The van der Waals surface area contributed by atoms with Crippen LogP contribution in [0.25, 0.3) is 11.4 Å². The second kappa shape index (κ2) is 3.69. The van der Waals surface area contributed by atoms with Crippen molar-refractivity contribution in [1.29, 1.82) is 0 Å². The van der Waals surface area contributed by atoms with Crippen molar-refractivity contribution in [3.05, 3.63) is 36.2 Å². The topological polar surface area (TPSA) is 75.3 Å². The molecule has 82 valence electrons. The van der Waals surface area contributed by atoms with Gasteiger partial charge in [-0.2, -0.15) is 0 Å². The van der Waals surface area contributed by atoms with Crippen molar-refractivity contribution in [2.45, 2.75) is 0 Å². The van der Waals surface area contributed by atoms with Gasteiger partial charge >= 0.3 is 5.97 Å². The summed E-state index contributed by atoms with van der Waals surface area (Å²) in [5.41, 5.74) is 0.531. The number of carboxylic acid groups (broad SMARTS) is 1. The maximum atomic E-state index is 10.8. The van der Waals surface area contributed by atoms with Gasteiger partial charge in [0.2, 0.25) is 0 Å². The van der Waals surface area contributed by atoms with E-state index in [1.165, 1.54) is 12.1 Å². The number of hydrogen-bond donors (Lipinski definition) is 2. The van der Waals surface area contributed by atoms with E-state index >= 15 is 0 Å². The lowest BCUT2D eigenvalue weighted by molar-refractivity contribution is 0.0694. The molecule has 1 aromatic heterocycles. The van der Waals surface area contributed by atoms with Crippen LogP contribution >= 0.6 is 0 Å². The Hall–Kier alpha value is -2.30. The standard InChI is InChI=1S/C11H10N2O3/c1-13-5-4-12-10(13)7-2-3-9(14)8(6-7)11(15)16/h2-6,14H,1H3,(H,15,16). The lowest BCUT2D eigenvalue weighted by atomic mass is 10.1. The fraction of sp³-hybridized carbons (Fsp3) is 0.0909. The first-order valence-corrected chi connectivity index (χ1v) is 4.63. The second-order valence-corrected chi connectivity index (χ2v) is 3.40. The molecule has 0 radical (unpaired) electrons. The number of nitrogens with zero attached hydrogens (tertiary/aromatic N) is 2. The van der Waals surface area contributed by atoms with Crippen molar-refractivity contribution in [3.63, 3.8) is 0 Å². The Balaban J connectivity index is 2.56. The molecule has 16 heavy (non-hydrogen) atoms. The smallest absolute Gasteiger partial charge is 0.339 e. The highest BCUT2D eigenvalue weighted by Gasteiger charge is 2.12. The van der Waals surface area contributed by atoms with Gasteiger partial charge in [-0.05, 0) is 18.2 Å². The Kier molecular flexibility index (Phi) is 2.36. The zero-order valence-electron chi connectivity index (χ0n) is 8.58. The quantitative estimate of drug-likeness (QED) is 0.800. The molecule has 0 saturated heterocycles. The zero-order chi connectivity index (χ0) is 11.7. The summed E-state index contributed by atoms with van der Waals surface area (Å²) >= 11 is 0. The van der Waals surface area contributed by atoms with E-state index in [0.29, 0.717) is 11.4 Å². The monoisotopic (exact) mass is 218 g/mol. The normalized spacial score (nSPS) is 10.3. The molecule has 5 nitrogen and oxygen atoms in total.